The second-order valence-corrected chi connectivity index (χ2v) is 11.9. The third-order valence-electron chi connectivity index (χ3n) is 3.76. The fourth-order valence-corrected chi connectivity index (χ4v) is 2.40. The monoisotopic (exact) mass is 410 g/mol. The van der Waals surface area contributed by atoms with Crippen molar-refractivity contribution >= 4 is 56.8 Å². The highest BCUT2D eigenvalue weighted by Crippen LogP contribution is 2.61. The first-order chi connectivity index (χ1) is 11.0. The summed E-state index contributed by atoms with van der Waals surface area (Å²) in [4.78, 5) is 23.8. The molecule has 8 heteroatoms. The van der Waals surface area contributed by atoms with Gasteiger partial charge in [-0.2, -0.15) is 0 Å². The van der Waals surface area contributed by atoms with Crippen LogP contribution < -0.4 is 0 Å². The first-order valence-electron chi connectivity index (χ1n) is 7.16. The van der Waals surface area contributed by atoms with Crippen molar-refractivity contribution in [2.24, 2.45) is 0 Å². The van der Waals surface area contributed by atoms with Crippen LogP contribution in [0.15, 0.2) is 11.6 Å². The largest absolute Gasteiger partial charge is 0.462 e. The Morgan fingerprint density at radius 3 is 2.25 bits per heavy atom. The summed E-state index contributed by atoms with van der Waals surface area (Å²) in [5.74, 6) is -0.675. The molecule has 4 nitrogen and oxygen atoms in total. The van der Waals surface area contributed by atoms with Crippen molar-refractivity contribution in [1.29, 1.82) is 0 Å². The van der Waals surface area contributed by atoms with Gasteiger partial charge in [0.25, 0.3) is 0 Å². The minimum Gasteiger partial charge on any atom is -0.462 e. The Morgan fingerprint density at radius 2 is 1.75 bits per heavy atom. The minimum absolute atomic E-state index is 0.155. The van der Waals surface area contributed by atoms with Gasteiger partial charge >= 0.3 is 11.2 Å². The Balaban J connectivity index is 0.000000505. The number of rotatable bonds is 2. The minimum atomic E-state index is -3.22. The van der Waals surface area contributed by atoms with E-state index in [2.05, 4.69) is 40.6 Å². The van der Waals surface area contributed by atoms with Crippen molar-refractivity contribution < 1.29 is 18.9 Å². The lowest BCUT2D eigenvalue weighted by atomic mass is 9.85. The number of carbonyl (C=O) groups is 2. The van der Waals surface area contributed by atoms with Crippen LogP contribution in [0.1, 0.15) is 34.7 Å². The van der Waals surface area contributed by atoms with Crippen LogP contribution in [0.2, 0.25) is 0 Å². The predicted molar refractivity (Wildman–Crippen MR) is 99.1 cm³/mol. The number of carbonyl (C=O) groups excluding carboxylic acids is 2. The van der Waals surface area contributed by atoms with Crippen LogP contribution in [0.25, 0.3) is 6.08 Å². The summed E-state index contributed by atoms with van der Waals surface area (Å²) in [5.41, 5.74) is 5.67. The average Bonchev–Trinajstić information content (AvgIpc) is 2.44. The van der Waals surface area contributed by atoms with E-state index in [1.165, 1.54) is 11.1 Å². The number of ketones is 1. The van der Waals surface area contributed by atoms with E-state index in [-0.39, 0.29) is 24.4 Å². The fourth-order valence-electron chi connectivity index (χ4n) is 2.40. The smallest absolute Gasteiger partial charge is 0.341 e. The molecule has 0 aliphatic heterocycles. The Bertz CT molecular complexity index is 742. The van der Waals surface area contributed by atoms with Crippen molar-refractivity contribution in [3.05, 3.63) is 39.5 Å². The highest BCUT2D eigenvalue weighted by atomic mass is 36.0. The maximum Gasteiger partial charge on any atom is 0.341 e. The summed E-state index contributed by atoms with van der Waals surface area (Å²) in [7, 11) is 0. The summed E-state index contributed by atoms with van der Waals surface area (Å²) in [5, 5.41) is -3.22. The van der Waals surface area contributed by atoms with Gasteiger partial charge in [0.1, 0.15) is 5.57 Å². The zero-order valence-electron chi connectivity index (χ0n) is 13.8. The number of aryl methyl sites for hydroxylation is 1. The lowest BCUT2D eigenvalue weighted by Crippen LogP contribution is -2.21. The molecule has 2 rings (SSSR count). The van der Waals surface area contributed by atoms with Gasteiger partial charge in [-0.1, -0.05) is 6.07 Å². The van der Waals surface area contributed by atoms with E-state index in [0.29, 0.717) is 0 Å². The van der Waals surface area contributed by atoms with E-state index in [0.717, 1.165) is 16.7 Å². The molecule has 1 aliphatic rings. The van der Waals surface area contributed by atoms with E-state index < -0.39 is 11.2 Å². The van der Waals surface area contributed by atoms with Gasteiger partial charge in [-0.3, -0.25) is 9.36 Å². The highest BCUT2D eigenvalue weighted by molar-refractivity contribution is 8.24. The van der Waals surface area contributed by atoms with Gasteiger partial charge in [0.15, 0.2) is 5.78 Å². The molecule has 0 atom stereocenters. The number of fused-ring (bicyclic) bond motifs is 1. The maximum absolute atomic E-state index is 12.1. The molecule has 0 N–H and O–H groups in total. The van der Waals surface area contributed by atoms with Crippen molar-refractivity contribution in [3.63, 3.8) is 0 Å². The fraction of sp³-hybridized carbons (Fsp3) is 0.375. The molecule has 0 radical (unpaired) electrons. The van der Waals surface area contributed by atoms with Gasteiger partial charge in [-0.15, -0.1) is 0 Å². The number of hydrogen-bond donors (Lipinski definition) is 0. The lowest BCUT2D eigenvalue weighted by molar-refractivity contribution is -0.139. The van der Waals surface area contributed by atoms with E-state index in [1.54, 1.807) is 13.0 Å². The molecule has 0 saturated heterocycles. The number of hydrogen-bond acceptors (Lipinski definition) is 4. The standard InChI is InChI=1S/C16H18O3.Cl3OP/c1-5-19-16(18)14-7-12-6-9(2)10(3)11(4)13(12)8-15(14)17;1-5(2,3)4/h6-7H,5,8H2,1-4H3;. The van der Waals surface area contributed by atoms with E-state index in [4.69, 9.17) is 4.74 Å². The Labute approximate surface area is 155 Å². The zero-order valence-corrected chi connectivity index (χ0v) is 16.9. The average molecular weight is 412 g/mol. The molecule has 0 heterocycles. The van der Waals surface area contributed by atoms with Gasteiger partial charge in [0.2, 0.25) is 0 Å². The van der Waals surface area contributed by atoms with E-state index >= 15 is 0 Å². The number of benzene rings is 1. The number of ether oxygens (including phenoxy) is 1. The second-order valence-electron chi connectivity index (χ2n) is 5.29. The second kappa shape index (κ2) is 8.53. The van der Waals surface area contributed by atoms with Gasteiger partial charge in [0, 0.05) is 6.42 Å². The van der Waals surface area contributed by atoms with Crippen LogP contribution >= 0.6 is 38.9 Å². The summed E-state index contributed by atoms with van der Waals surface area (Å²) in [6.07, 6.45) is 1.95. The zero-order chi connectivity index (χ0) is 18.7. The Kier molecular flexibility index (Phi) is 7.55. The van der Waals surface area contributed by atoms with Crippen LogP contribution in [0.4, 0.5) is 0 Å². The molecule has 1 aliphatic carbocycles. The first kappa shape index (κ1) is 21.2. The van der Waals surface area contributed by atoms with Crippen LogP contribution in [-0.4, -0.2) is 18.4 Å². The third-order valence-corrected chi connectivity index (χ3v) is 3.76. The normalized spacial score (nSPS) is 13.5. The predicted octanol–water partition coefficient (Wildman–Crippen LogP) is 5.49. The molecule has 0 amide bonds. The van der Waals surface area contributed by atoms with Crippen LogP contribution in [0, 0.1) is 20.8 Å². The highest BCUT2D eigenvalue weighted by Gasteiger charge is 2.26. The van der Waals surface area contributed by atoms with Gasteiger partial charge in [-0.05, 0) is 95.3 Å². The third kappa shape index (κ3) is 5.93. The first-order valence-corrected chi connectivity index (χ1v) is 11.6. The number of esters is 1. The molecule has 0 unspecified atom stereocenters. The molecule has 0 aromatic heterocycles. The van der Waals surface area contributed by atoms with Crippen molar-refractivity contribution in [2.45, 2.75) is 34.1 Å². The van der Waals surface area contributed by atoms with Crippen LogP contribution in [0.5, 0.6) is 0 Å². The van der Waals surface area contributed by atoms with E-state index in [1.807, 2.05) is 19.9 Å². The van der Waals surface area contributed by atoms with Gasteiger partial charge in [-0.25, -0.2) is 4.79 Å². The summed E-state index contributed by atoms with van der Waals surface area (Å²) < 4.78 is 14.4. The molecule has 132 valence electrons. The summed E-state index contributed by atoms with van der Waals surface area (Å²) in [6, 6.07) is 2.03. The van der Waals surface area contributed by atoms with Crippen molar-refractivity contribution in [3.8, 4) is 0 Å². The molecule has 0 fully saturated rings. The van der Waals surface area contributed by atoms with Crippen molar-refractivity contribution in [2.75, 3.05) is 6.61 Å². The van der Waals surface area contributed by atoms with Crippen LogP contribution in [0.3, 0.4) is 0 Å². The summed E-state index contributed by atoms with van der Waals surface area (Å²) >= 11 is 13.8. The molecule has 1 aromatic rings. The number of halogens is 3. The molecule has 0 saturated carbocycles. The van der Waals surface area contributed by atoms with Crippen LogP contribution in [-0.2, 0) is 25.3 Å². The molecular formula is C16H18Cl3O4P. The quantitative estimate of drug-likeness (QED) is 0.366. The maximum atomic E-state index is 12.1. The molecular weight excluding hydrogens is 394 g/mol. The molecule has 0 bridgehead atoms. The molecule has 0 spiro atoms. The van der Waals surface area contributed by atoms with Gasteiger partial charge < -0.3 is 4.74 Å². The van der Waals surface area contributed by atoms with E-state index in [9.17, 15) is 14.2 Å². The summed E-state index contributed by atoms with van der Waals surface area (Å²) in [6.45, 7) is 8.13. The number of Topliss-reactive ketones (excluding diaryl/α,β-unsaturated/α-hetero) is 1. The van der Waals surface area contributed by atoms with Crippen molar-refractivity contribution in [1.82, 2.24) is 0 Å². The van der Waals surface area contributed by atoms with Gasteiger partial charge in [0.05, 0.1) is 6.61 Å². The SMILES string of the molecule is CCOC(=O)C1=Cc2cc(C)c(C)c(C)c2CC1=O.O=P(Cl)(Cl)Cl. The Hall–Kier alpha value is -0.800. The topological polar surface area (TPSA) is 60.4 Å². The Morgan fingerprint density at radius 1 is 1.21 bits per heavy atom. The molecule has 1 aromatic carbocycles. The molecule has 24 heavy (non-hydrogen) atoms. The lowest BCUT2D eigenvalue weighted by Gasteiger charge is -2.19.